The largest absolute Gasteiger partial charge is 0.481 e. The average Bonchev–Trinajstić information content (AvgIpc) is 2.25. The molecule has 1 aliphatic rings. The van der Waals surface area contributed by atoms with Crippen LogP contribution in [-0.4, -0.2) is 29.1 Å². The Morgan fingerprint density at radius 1 is 1.58 bits per heavy atom. The summed E-state index contributed by atoms with van der Waals surface area (Å²) in [7, 11) is 0. The maximum Gasteiger partial charge on any atom is 0.303 e. The first-order chi connectivity index (χ1) is 8.88. The Balaban J connectivity index is 2.19. The van der Waals surface area contributed by atoms with Gasteiger partial charge in [0, 0.05) is 31.1 Å². The van der Waals surface area contributed by atoms with Crippen molar-refractivity contribution in [2.45, 2.75) is 6.42 Å². The van der Waals surface area contributed by atoms with Crippen LogP contribution in [0.15, 0.2) is 12.1 Å². The number of anilines is 1. The summed E-state index contributed by atoms with van der Waals surface area (Å²) in [6.45, 7) is 0.711. The molecule has 2 rings (SSSR count). The van der Waals surface area contributed by atoms with E-state index in [9.17, 15) is 19.3 Å². The van der Waals surface area contributed by atoms with Crippen molar-refractivity contribution in [3.63, 3.8) is 0 Å². The zero-order valence-corrected chi connectivity index (χ0v) is 10.4. The van der Waals surface area contributed by atoms with E-state index in [2.05, 4.69) is 0 Å². The first kappa shape index (κ1) is 13.5. The van der Waals surface area contributed by atoms with E-state index in [1.165, 1.54) is 0 Å². The van der Waals surface area contributed by atoms with Crippen LogP contribution in [0, 0.1) is 21.8 Å². The summed E-state index contributed by atoms with van der Waals surface area (Å²) in [5.74, 6) is -1.72. The molecule has 1 heterocycles. The van der Waals surface area contributed by atoms with Gasteiger partial charge in [-0.15, -0.1) is 0 Å². The van der Waals surface area contributed by atoms with Gasteiger partial charge in [-0.1, -0.05) is 11.6 Å². The first-order valence-electron chi connectivity index (χ1n) is 5.48. The Bertz CT molecular complexity index is 546. The third-order valence-electron chi connectivity index (χ3n) is 2.98. The number of hydrogen-bond acceptors (Lipinski definition) is 4. The molecule has 1 aromatic carbocycles. The summed E-state index contributed by atoms with van der Waals surface area (Å²) >= 11 is 5.52. The van der Waals surface area contributed by atoms with E-state index >= 15 is 0 Å². The zero-order valence-electron chi connectivity index (χ0n) is 9.68. The highest BCUT2D eigenvalue weighted by Crippen LogP contribution is 2.37. The van der Waals surface area contributed by atoms with Crippen LogP contribution in [0.4, 0.5) is 15.8 Å². The lowest BCUT2D eigenvalue weighted by Gasteiger charge is -2.40. The van der Waals surface area contributed by atoms with Gasteiger partial charge in [-0.05, 0) is 0 Å². The summed E-state index contributed by atoms with van der Waals surface area (Å²) in [6, 6.07) is 1.98. The number of nitro groups is 1. The Morgan fingerprint density at radius 3 is 2.74 bits per heavy atom. The number of halogens is 2. The number of benzene rings is 1. The molecule has 0 saturated carbocycles. The van der Waals surface area contributed by atoms with E-state index in [0.717, 1.165) is 12.1 Å². The van der Waals surface area contributed by atoms with Gasteiger partial charge in [0.2, 0.25) is 0 Å². The maximum absolute atomic E-state index is 13.4. The first-order valence-corrected chi connectivity index (χ1v) is 5.86. The van der Waals surface area contributed by atoms with Gasteiger partial charge in [0.25, 0.3) is 5.69 Å². The number of nitro benzene ring substituents is 1. The lowest BCUT2D eigenvalue weighted by atomic mass is 9.95. The summed E-state index contributed by atoms with van der Waals surface area (Å²) in [6.07, 6.45) is 0.000367. The molecule has 0 unspecified atom stereocenters. The van der Waals surface area contributed by atoms with Crippen molar-refractivity contribution in [3.05, 3.63) is 33.1 Å². The Kier molecular flexibility index (Phi) is 3.57. The van der Waals surface area contributed by atoms with Crippen molar-refractivity contribution >= 4 is 28.9 Å². The Labute approximate surface area is 112 Å². The van der Waals surface area contributed by atoms with Crippen LogP contribution >= 0.6 is 11.6 Å². The fraction of sp³-hybridized carbons (Fsp3) is 0.364. The molecule has 19 heavy (non-hydrogen) atoms. The van der Waals surface area contributed by atoms with Crippen LogP contribution in [0.5, 0.6) is 0 Å². The number of nitrogens with zero attached hydrogens (tertiary/aromatic N) is 2. The number of hydrogen-bond donors (Lipinski definition) is 1. The molecule has 1 aliphatic heterocycles. The van der Waals surface area contributed by atoms with E-state index in [1.54, 1.807) is 4.90 Å². The van der Waals surface area contributed by atoms with E-state index in [4.69, 9.17) is 16.7 Å². The van der Waals surface area contributed by atoms with Gasteiger partial charge < -0.3 is 10.0 Å². The van der Waals surface area contributed by atoms with Gasteiger partial charge in [-0.25, -0.2) is 4.39 Å². The van der Waals surface area contributed by atoms with Crippen LogP contribution in [0.2, 0.25) is 5.02 Å². The standard InChI is InChI=1S/C11H10ClFN2O4/c12-7-2-10(15(18)19)9(3-8(7)13)14-4-6(5-14)1-11(16)17/h2-3,6H,1,4-5H2,(H,16,17). The third kappa shape index (κ3) is 2.76. The van der Waals surface area contributed by atoms with E-state index in [-0.39, 0.29) is 28.7 Å². The molecule has 0 atom stereocenters. The van der Waals surface area contributed by atoms with E-state index < -0.39 is 16.7 Å². The lowest BCUT2D eigenvalue weighted by molar-refractivity contribution is -0.384. The second-order valence-electron chi connectivity index (χ2n) is 4.38. The summed E-state index contributed by atoms with van der Waals surface area (Å²) in [5.41, 5.74) is -0.145. The number of carboxylic acids is 1. The van der Waals surface area contributed by atoms with Gasteiger partial charge >= 0.3 is 5.97 Å². The van der Waals surface area contributed by atoms with Crippen molar-refractivity contribution in [2.24, 2.45) is 5.92 Å². The number of carbonyl (C=O) groups is 1. The van der Waals surface area contributed by atoms with Crippen molar-refractivity contribution in [1.29, 1.82) is 0 Å². The molecule has 0 aromatic heterocycles. The molecule has 0 bridgehead atoms. The molecule has 1 N–H and O–H groups in total. The smallest absolute Gasteiger partial charge is 0.303 e. The number of rotatable bonds is 4. The maximum atomic E-state index is 13.4. The minimum atomic E-state index is -0.915. The van der Waals surface area contributed by atoms with E-state index in [0.29, 0.717) is 13.1 Å². The summed E-state index contributed by atoms with van der Waals surface area (Å²) in [4.78, 5) is 22.3. The second-order valence-corrected chi connectivity index (χ2v) is 4.79. The minimum Gasteiger partial charge on any atom is -0.481 e. The molecule has 0 aliphatic carbocycles. The third-order valence-corrected chi connectivity index (χ3v) is 3.26. The number of aliphatic carboxylic acids is 1. The predicted molar refractivity (Wildman–Crippen MR) is 66.0 cm³/mol. The molecule has 0 spiro atoms. The van der Waals surface area contributed by atoms with Crippen molar-refractivity contribution in [3.8, 4) is 0 Å². The second kappa shape index (κ2) is 5.00. The fourth-order valence-corrected chi connectivity index (χ4v) is 2.23. The zero-order chi connectivity index (χ0) is 14.2. The number of carboxylic acid groups (broad SMARTS) is 1. The van der Waals surface area contributed by atoms with Crippen LogP contribution in [-0.2, 0) is 4.79 Å². The lowest BCUT2D eigenvalue weighted by Crippen LogP contribution is -2.47. The van der Waals surface area contributed by atoms with Gasteiger partial charge in [0.15, 0.2) is 0 Å². The minimum absolute atomic E-state index is 0.000367. The molecule has 6 nitrogen and oxygen atoms in total. The molecule has 8 heteroatoms. The molecule has 0 amide bonds. The van der Waals surface area contributed by atoms with Crippen LogP contribution in [0.25, 0.3) is 0 Å². The highest BCUT2D eigenvalue weighted by molar-refractivity contribution is 6.31. The van der Waals surface area contributed by atoms with Gasteiger partial charge in [-0.2, -0.15) is 0 Å². The van der Waals surface area contributed by atoms with Crippen molar-refractivity contribution in [1.82, 2.24) is 0 Å². The molecular weight excluding hydrogens is 279 g/mol. The molecular formula is C11H10ClFN2O4. The van der Waals surface area contributed by atoms with Gasteiger partial charge in [0.1, 0.15) is 11.5 Å². The quantitative estimate of drug-likeness (QED) is 0.679. The summed E-state index contributed by atoms with van der Waals surface area (Å²) < 4.78 is 13.4. The molecule has 1 saturated heterocycles. The monoisotopic (exact) mass is 288 g/mol. The normalized spacial score (nSPS) is 15.2. The van der Waals surface area contributed by atoms with Crippen LogP contribution < -0.4 is 4.90 Å². The summed E-state index contributed by atoms with van der Waals surface area (Å²) in [5, 5.41) is 19.2. The van der Waals surface area contributed by atoms with Crippen molar-refractivity contribution in [2.75, 3.05) is 18.0 Å². The molecule has 0 radical (unpaired) electrons. The van der Waals surface area contributed by atoms with E-state index in [1.807, 2.05) is 0 Å². The Hall–Kier alpha value is -1.89. The van der Waals surface area contributed by atoms with Gasteiger partial charge in [0.05, 0.1) is 16.4 Å². The van der Waals surface area contributed by atoms with Crippen molar-refractivity contribution < 1.29 is 19.2 Å². The Morgan fingerprint density at radius 2 is 2.21 bits per heavy atom. The molecule has 102 valence electrons. The van der Waals surface area contributed by atoms with Crippen LogP contribution in [0.1, 0.15) is 6.42 Å². The van der Waals surface area contributed by atoms with Crippen LogP contribution in [0.3, 0.4) is 0 Å². The topological polar surface area (TPSA) is 83.7 Å². The molecule has 1 fully saturated rings. The van der Waals surface area contributed by atoms with Gasteiger partial charge in [-0.3, -0.25) is 14.9 Å². The SMILES string of the molecule is O=C(O)CC1CN(c2cc(F)c(Cl)cc2[N+](=O)[O-])C1. The predicted octanol–water partition coefficient (Wildman–Crippen LogP) is 2.30. The highest BCUT2D eigenvalue weighted by atomic mass is 35.5. The average molecular weight is 289 g/mol. The fourth-order valence-electron chi connectivity index (χ4n) is 2.07. The highest BCUT2D eigenvalue weighted by Gasteiger charge is 2.33. The molecule has 1 aromatic rings.